The van der Waals surface area contributed by atoms with Crippen LogP contribution in [0.1, 0.15) is 5.56 Å². The van der Waals surface area contributed by atoms with Gasteiger partial charge in [0.2, 0.25) is 12.3 Å². The van der Waals surface area contributed by atoms with E-state index in [9.17, 15) is 9.18 Å². The number of ether oxygens (including phenoxy) is 1. The molecule has 0 aliphatic carbocycles. The predicted molar refractivity (Wildman–Crippen MR) is 87.9 cm³/mol. The van der Waals surface area contributed by atoms with Gasteiger partial charge in [-0.2, -0.15) is 0 Å². The van der Waals surface area contributed by atoms with Gasteiger partial charge < -0.3 is 9.15 Å². The molecule has 0 saturated heterocycles. The van der Waals surface area contributed by atoms with Gasteiger partial charge in [-0.3, -0.25) is 4.79 Å². The molecule has 0 atom stereocenters. The standard InChI is InChI=1S/C17H13FN2O3S/c18-14-5-1-12(2-6-14)9-24-10-16(21)23-15-7-3-13(4-8-15)17-20-19-11-22-17/h1-8,11H,9-10H2. The van der Waals surface area contributed by atoms with Crippen molar-refractivity contribution in [2.45, 2.75) is 5.75 Å². The Bertz CT molecular complexity index is 790. The third-order valence-electron chi connectivity index (χ3n) is 3.09. The van der Waals surface area contributed by atoms with Crippen LogP contribution in [0.3, 0.4) is 0 Å². The molecule has 0 amide bonds. The van der Waals surface area contributed by atoms with Crippen molar-refractivity contribution in [3.8, 4) is 17.2 Å². The largest absolute Gasteiger partial charge is 0.426 e. The summed E-state index contributed by atoms with van der Waals surface area (Å²) in [6.07, 6.45) is 1.25. The van der Waals surface area contributed by atoms with Crippen LogP contribution in [0.15, 0.2) is 59.3 Å². The first-order chi connectivity index (χ1) is 11.7. The number of carbonyl (C=O) groups is 1. The SMILES string of the molecule is O=C(CSCc1ccc(F)cc1)Oc1ccc(-c2nnco2)cc1. The smallest absolute Gasteiger partial charge is 0.321 e. The fraction of sp³-hybridized carbons (Fsp3) is 0.118. The Morgan fingerprint density at radius 1 is 1.12 bits per heavy atom. The highest BCUT2D eigenvalue weighted by Crippen LogP contribution is 2.21. The highest BCUT2D eigenvalue weighted by molar-refractivity contribution is 7.99. The molecule has 2 aromatic carbocycles. The van der Waals surface area contributed by atoms with Crippen molar-refractivity contribution in [3.63, 3.8) is 0 Å². The number of benzene rings is 2. The molecular weight excluding hydrogens is 331 g/mol. The van der Waals surface area contributed by atoms with Crippen LogP contribution in [0.2, 0.25) is 0 Å². The van der Waals surface area contributed by atoms with Crippen molar-refractivity contribution in [1.29, 1.82) is 0 Å². The zero-order valence-corrected chi connectivity index (χ0v) is 13.3. The minimum atomic E-state index is -0.340. The van der Waals surface area contributed by atoms with E-state index in [0.717, 1.165) is 11.1 Å². The van der Waals surface area contributed by atoms with Gasteiger partial charge in [-0.25, -0.2) is 4.39 Å². The molecule has 0 bridgehead atoms. The number of esters is 1. The molecule has 1 heterocycles. The number of halogens is 1. The van der Waals surface area contributed by atoms with E-state index in [2.05, 4.69) is 10.2 Å². The summed E-state index contributed by atoms with van der Waals surface area (Å²) in [6, 6.07) is 13.0. The van der Waals surface area contributed by atoms with Gasteiger partial charge in [0.15, 0.2) is 0 Å². The summed E-state index contributed by atoms with van der Waals surface area (Å²) in [5.74, 6) is 1.07. The van der Waals surface area contributed by atoms with Gasteiger partial charge in [0.25, 0.3) is 0 Å². The van der Waals surface area contributed by atoms with E-state index in [1.54, 1.807) is 36.4 Å². The molecule has 0 saturated carbocycles. The second kappa shape index (κ2) is 7.74. The quantitative estimate of drug-likeness (QED) is 0.502. The Labute approximate surface area is 141 Å². The summed E-state index contributed by atoms with van der Waals surface area (Å²) >= 11 is 1.41. The maximum absolute atomic E-state index is 12.8. The first-order valence-electron chi connectivity index (χ1n) is 7.10. The molecular formula is C17H13FN2O3S. The lowest BCUT2D eigenvalue weighted by Crippen LogP contribution is -2.10. The third kappa shape index (κ3) is 4.42. The fourth-order valence-electron chi connectivity index (χ4n) is 1.96. The molecule has 0 aliphatic rings. The molecule has 24 heavy (non-hydrogen) atoms. The van der Waals surface area contributed by atoms with Crippen molar-refractivity contribution in [3.05, 3.63) is 66.3 Å². The first kappa shape index (κ1) is 16.2. The maximum atomic E-state index is 12.8. The van der Waals surface area contributed by atoms with Crippen LogP contribution in [-0.4, -0.2) is 21.9 Å². The second-order valence-electron chi connectivity index (χ2n) is 4.86. The van der Waals surface area contributed by atoms with E-state index in [0.29, 0.717) is 17.4 Å². The molecule has 0 unspecified atom stereocenters. The monoisotopic (exact) mass is 344 g/mol. The highest BCUT2D eigenvalue weighted by atomic mass is 32.2. The van der Waals surface area contributed by atoms with Crippen LogP contribution < -0.4 is 4.74 Å². The maximum Gasteiger partial charge on any atom is 0.321 e. The second-order valence-corrected chi connectivity index (χ2v) is 5.85. The third-order valence-corrected chi connectivity index (χ3v) is 4.07. The van der Waals surface area contributed by atoms with E-state index in [1.807, 2.05) is 0 Å². The van der Waals surface area contributed by atoms with Gasteiger partial charge in [-0.05, 0) is 42.0 Å². The van der Waals surface area contributed by atoms with Gasteiger partial charge in [0.1, 0.15) is 11.6 Å². The average Bonchev–Trinajstić information content (AvgIpc) is 3.12. The molecule has 1 aromatic heterocycles. The van der Waals surface area contributed by atoms with E-state index in [1.165, 1.54) is 30.3 Å². The van der Waals surface area contributed by atoms with Crippen LogP contribution in [-0.2, 0) is 10.5 Å². The van der Waals surface area contributed by atoms with E-state index < -0.39 is 0 Å². The van der Waals surface area contributed by atoms with E-state index in [4.69, 9.17) is 9.15 Å². The van der Waals surface area contributed by atoms with Crippen molar-refractivity contribution in [2.24, 2.45) is 0 Å². The van der Waals surface area contributed by atoms with Gasteiger partial charge in [0.05, 0.1) is 5.75 Å². The number of hydrogen-bond donors (Lipinski definition) is 0. The lowest BCUT2D eigenvalue weighted by molar-refractivity contribution is -0.131. The van der Waals surface area contributed by atoms with E-state index in [-0.39, 0.29) is 17.5 Å². The number of nitrogens with zero attached hydrogens (tertiary/aromatic N) is 2. The predicted octanol–water partition coefficient (Wildman–Crippen LogP) is 3.71. The molecule has 0 N–H and O–H groups in total. The van der Waals surface area contributed by atoms with Gasteiger partial charge >= 0.3 is 5.97 Å². The number of thioether (sulfide) groups is 1. The first-order valence-corrected chi connectivity index (χ1v) is 8.25. The number of carbonyl (C=O) groups excluding carboxylic acids is 1. The van der Waals surface area contributed by atoms with Crippen LogP contribution >= 0.6 is 11.8 Å². The molecule has 0 aliphatic heterocycles. The lowest BCUT2D eigenvalue weighted by Gasteiger charge is -2.05. The Morgan fingerprint density at radius 2 is 1.88 bits per heavy atom. The molecule has 0 fully saturated rings. The molecule has 122 valence electrons. The molecule has 0 spiro atoms. The van der Waals surface area contributed by atoms with Crippen molar-refractivity contribution < 1.29 is 18.3 Å². The summed E-state index contributed by atoms with van der Waals surface area (Å²) in [7, 11) is 0. The van der Waals surface area contributed by atoms with Crippen LogP contribution in [0.4, 0.5) is 4.39 Å². The van der Waals surface area contributed by atoms with Gasteiger partial charge in [0, 0.05) is 11.3 Å². The molecule has 5 nitrogen and oxygen atoms in total. The Balaban J connectivity index is 1.47. The number of hydrogen-bond acceptors (Lipinski definition) is 6. The average molecular weight is 344 g/mol. The normalized spacial score (nSPS) is 10.5. The molecule has 7 heteroatoms. The number of aromatic nitrogens is 2. The van der Waals surface area contributed by atoms with Gasteiger partial charge in [-0.1, -0.05) is 12.1 Å². The Kier molecular flexibility index (Phi) is 5.22. The summed E-state index contributed by atoms with van der Waals surface area (Å²) < 4.78 is 23.1. The highest BCUT2D eigenvalue weighted by Gasteiger charge is 2.07. The summed E-state index contributed by atoms with van der Waals surface area (Å²) in [4.78, 5) is 11.8. The minimum absolute atomic E-state index is 0.211. The fourth-order valence-corrected chi connectivity index (χ4v) is 2.71. The topological polar surface area (TPSA) is 65.2 Å². The van der Waals surface area contributed by atoms with Crippen LogP contribution in [0.25, 0.3) is 11.5 Å². The lowest BCUT2D eigenvalue weighted by atomic mass is 10.2. The Hall–Kier alpha value is -2.67. The molecule has 0 radical (unpaired) electrons. The molecule has 3 rings (SSSR count). The Morgan fingerprint density at radius 3 is 2.54 bits per heavy atom. The summed E-state index contributed by atoms with van der Waals surface area (Å²) in [5, 5.41) is 7.41. The zero-order valence-electron chi connectivity index (χ0n) is 12.5. The summed E-state index contributed by atoms with van der Waals surface area (Å²) in [5.41, 5.74) is 1.70. The minimum Gasteiger partial charge on any atom is -0.426 e. The van der Waals surface area contributed by atoms with Gasteiger partial charge in [-0.15, -0.1) is 22.0 Å². The molecule has 3 aromatic rings. The van der Waals surface area contributed by atoms with E-state index >= 15 is 0 Å². The van der Waals surface area contributed by atoms with Crippen LogP contribution in [0, 0.1) is 5.82 Å². The van der Waals surface area contributed by atoms with Crippen molar-refractivity contribution >= 4 is 17.7 Å². The number of rotatable bonds is 6. The van der Waals surface area contributed by atoms with Crippen LogP contribution in [0.5, 0.6) is 5.75 Å². The summed E-state index contributed by atoms with van der Waals surface area (Å²) in [6.45, 7) is 0. The van der Waals surface area contributed by atoms with Crippen molar-refractivity contribution in [1.82, 2.24) is 10.2 Å². The van der Waals surface area contributed by atoms with Crippen molar-refractivity contribution in [2.75, 3.05) is 5.75 Å². The zero-order chi connectivity index (χ0) is 16.8.